The molecule has 1 N–H and O–H groups in total. The van der Waals surface area contributed by atoms with Crippen molar-refractivity contribution >= 4 is 5.91 Å². The van der Waals surface area contributed by atoms with Gasteiger partial charge in [-0.25, -0.2) is 0 Å². The summed E-state index contributed by atoms with van der Waals surface area (Å²) in [6, 6.07) is 0.467. The summed E-state index contributed by atoms with van der Waals surface area (Å²) in [4.78, 5) is 15.6. The molecule has 0 radical (unpaired) electrons. The van der Waals surface area contributed by atoms with Crippen LogP contribution >= 0.6 is 0 Å². The summed E-state index contributed by atoms with van der Waals surface area (Å²) in [5, 5.41) is 3.51. The number of hydrogen-bond acceptors (Lipinski definition) is 2. The van der Waals surface area contributed by atoms with Crippen LogP contribution in [0.5, 0.6) is 0 Å². The Morgan fingerprint density at radius 1 is 0.952 bits per heavy atom. The lowest BCUT2D eigenvalue weighted by atomic mass is 9.51. The van der Waals surface area contributed by atoms with Gasteiger partial charge in [0.15, 0.2) is 0 Å². The van der Waals surface area contributed by atoms with Crippen molar-refractivity contribution in [1.29, 1.82) is 0 Å². The monoisotopic (exact) mass is 288 g/mol. The number of hydrogen-bond donors (Lipinski definition) is 1. The molecule has 0 aromatic heterocycles. The third-order valence-corrected chi connectivity index (χ3v) is 7.73. The van der Waals surface area contributed by atoms with E-state index in [2.05, 4.69) is 17.1 Å². The van der Waals surface area contributed by atoms with Crippen LogP contribution in [0, 0.1) is 41.4 Å². The average Bonchev–Trinajstić information content (AvgIpc) is 3.01. The predicted octanol–water partition coefficient (Wildman–Crippen LogP) is 2.12. The van der Waals surface area contributed by atoms with Crippen molar-refractivity contribution in [1.82, 2.24) is 10.2 Å². The molecule has 0 aromatic rings. The van der Waals surface area contributed by atoms with Gasteiger partial charge >= 0.3 is 0 Å². The molecule has 0 aromatic carbocycles. The van der Waals surface area contributed by atoms with E-state index in [9.17, 15) is 4.79 Å². The van der Waals surface area contributed by atoms with Gasteiger partial charge in [0.25, 0.3) is 0 Å². The molecule has 3 nitrogen and oxygen atoms in total. The third kappa shape index (κ3) is 1.79. The largest absolute Gasteiger partial charge is 0.339 e. The summed E-state index contributed by atoms with van der Waals surface area (Å²) in [7, 11) is 0. The third-order valence-electron chi connectivity index (χ3n) is 7.73. The minimum absolute atomic E-state index is 0.395. The van der Waals surface area contributed by atoms with Crippen molar-refractivity contribution < 1.29 is 4.79 Å². The highest BCUT2D eigenvalue weighted by atomic mass is 16.2. The zero-order valence-corrected chi connectivity index (χ0v) is 13.1. The molecule has 21 heavy (non-hydrogen) atoms. The Kier molecular flexibility index (Phi) is 2.75. The van der Waals surface area contributed by atoms with Crippen molar-refractivity contribution in [2.45, 2.75) is 45.1 Å². The van der Waals surface area contributed by atoms with Crippen molar-refractivity contribution in [2.75, 3.05) is 19.6 Å². The van der Waals surface area contributed by atoms with Crippen LogP contribution in [0.3, 0.4) is 0 Å². The van der Waals surface area contributed by atoms with E-state index in [0.29, 0.717) is 23.8 Å². The maximum atomic E-state index is 13.3. The molecule has 6 rings (SSSR count). The van der Waals surface area contributed by atoms with Crippen LogP contribution in [0.2, 0.25) is 0 Å². The first-order valence-electron chi connectivity index (χ1n) is 9.22. The number of fused-ring (bicyclic) bond motifs is 1. The van der Waals surface area contributed by atoms with E-state index < -0.39 is 0 Å². The van der Waals surface area contributed by atoms with Gasteiger partial charge in [-0.1, -0.05) is 0 Å². The van der Waals surface area contributed by atoms with Crippen LogP contribution in [0.4, 0.5) is 0 Å². The van der Waals surface area contributed by atoms with E-state index in [-0.39, 0.29) is 0 Å². The standard InChI is InChI=1S/C18H28N2O/c1-10-16-8-19-7-15(16)9-20(10)18(21)17-13-3-11-2-12(5-13)6-14(17)4-11/h10-17,19H,2-9H2,1H3. The lowest BCUT2D eigenvalue weighted by Crippen LogP contribution is -2.53. The first kappa shape index (κ1) is 12.9. The zero-order chi connectivity index (χ0) is 14.1. The minimum atomic E-state index is 0.395. The van der Waals surface area contributed by atoms with E-state index in [4.69, 9.17) is 0 Å². The highest BCUT2D eigenvalue weighted by molar-refractivity contribution is 5.80. The van der Waals surface area contributed by atoms with Gasteiger partial charge in [0.2, 0.25) is 5.91 Å². The molecule has 4 bridgehead atoms. The zero-order valence-electron chi connectivity index (χ0n) is 13.1. The maximum Gasteiger partial charge on any atom is 0.226 e. The van der Waals surface area contributed by atoms with Gasteiger partial charge in [-0.2, -0.15) is 0 Å². The van der Waals surface area contributed by atoms with Crippen LogP contribution in [0.1, 0.15) is 39.0 Å². The van der Waals surface area contributed by atoms with Crippen LogP contribution in [-0.4, -0.2) is 36.5 Å². The highest BCUT2D eigenvalue weighted by Gasteiger charge is 2.53. The van der Waals surface area contributed by atoms with E-state index in [0.717, 1.165) is 49.2 Å². The van der Waals surface area contributed by atoms with Crippen LogP contribution in [0.25, 0.3) is 0 Å². The molecule has 6 fully saturated rings. The lowest BCUT2D eigenvalue weighted by molar-refractivity contribution is -0.150. The number of likely N-dealkylation sites (tertiary alicyclic amines) is 1. The molecule has 0 spiro atoms. The van der Waals surface area contributed by atoms with Crippen molar-refractivity contribution in [3.63, 3.8) is 0 Å². The SMILES string of the molecule is CC1C2CNCC2CN1C(=O)C1C2CC3CC(C2)CC1C3. The Morgan fingerprint density at radius 3 is 2.24 bits per heavy atom. The molecule has 4 saturated carbocycles. The predicted molar refractivity (Wildman–Crippen MR) is 81.6 cm³/mol. The highest BCUT2D eigenvalue weighted by Crippen LogP contribution is 2.57. The molecule has 2 saturated heterocycles. The molecular formula is C18H28N2O. The molecular weight excluding hydrogens is 260 g/mol. The van der Waals surface area contributed by atoms with Gasteiger partial charge in [0, 0.05) is 31.6 Å². The molecule has 1 amide bonds. The van der Waals surface area contributed by atoms with Gasteiger partial charge in [0.1, 0.15) is 0 Å². The number of nitrogens with one attached hydrogen (secondary N) is 1. The second-order valence-corrected chi connectivity index (χ2v) is 8.77. The summed E-state index contributed by atoms with van der Waals surface area (Å²) in [5.41, 5.74) is 0. The number of amides is 1. The lowest BCUT2D eigenvalue weighted by Gasteiger charge is -2.54. The van der Waals surface area contributed by atoms with Crippen molar-refractivity contribution in [2.24, 2.45) is 41.4 Å². The number of rotatable bonds is 1. The molecule has 3 unspecified atom stereocenters. The molecule has 116 valence electrons. The molecule has 2 aliphatic heterocycles. The quantitative estimate of drug-likeness (QED) is 0.801. The van der Waals surface area contributed by atoms with E-state index in [1.165, 1.54) is 32.1 Å². The molecule has 4 aliphatic carbocycles. The van der Waals surface area contributed by atoms with Crippen LogP contribution in [0.15, 0.2) is 0 Å². The Balaban J connectivity index is 1.37. The summed E-state index contributed by atoms with van der Waals surface area (Å²) < 4.78 is 0. The topological polar surface area (TPSA) is 32.3 Å². The second kappa shape index (κ2) is 4.47. The van der Waals surface area contributed by atoms with Gasteiger partial charge in [-0.15, -0.1) is 0 Å². The van der Waals surface area contributed by atoms with Crippen LogP contribution < -0.4 is 5.32 Å². The van der Waals surface area contributed by atoms with Gasteiger partial charge < -0.3 is 10.2 Å². The van der Waals surface area contributed by atoms with Gasteiger partial charge in [-0.05, 0) is 74.5 Å². The maximum absolute atomic E-state index is 13.3. The Bertz CT molecular complexity index is 434. The summed E-state index contributed by atoms with van der Waals surface area (Å²) >= 11 is 0. The fraction of sp³-hybridized carbons (Fsp3) is 0.944. The fourth-order valence-electron chi connectivity index (χ4n) is 6.98. The number of carbonyl (C=O) groups excluding carboxylic acids is 1. The Morgan fingerprint density at radius 2 is 1.62 bits per heavy atom. The Labute approximate surface area is 127 Å². The van der Waals surface area contributed by atoms with E-state index >= 15 is 0 Å². The smallest absolute Gasteiger partial charge is 0.226 e. The van der Waals surface area contributed by atoms with Crippen LogP contribution in [-0.2, 0) is 4.79 Å². The van der Waals surface area contributed by atoms with Crippen molar-refractivity contribution in [3.05, 3.63) is 0 Å². The van der Waals surface area contributed by atoms with E-state index in [1.807, 2.05) is 0 Å². The first-order chi connectivity index (χ1) is 10.2. The molecule has 3 heteroatoms. The van der Waals surface area contributed by atoms with Gasteiger partial charge in [-0.3, -0.25) is 4.79 Å². The second-order valence-electron chi connectivity index (χ2n) is 8.77. The summed E-state index contributed by atoms with van der Waals surface area (Å²) in [6.07, 6.45) is 6.92. The summed E-state index contributed by atoms with van der Waals surface area (Å²) in [5.74, 6) is 5.79. The Hall–Kier alpha value is -0.570. The fourth-order valence-corrected chi connectivity index (χ4v) is 6.98. The van der Waals surface area contributed by atoms with Crippen molar-refractivity contribution in [3.8, 4) is 0 Å². The van der Waals surface area contributed by atoms with E-state index in [1.54, 1.807) is 0 Å². The number of nitrogens with zero attached hydrogens (tertiary/aromatic N) is 1. The van der Waals surface area contributed by atoms with Gasteiger partial charge in [0.05, 0.1) is 0 Å². The average molecular weight is 288 g/mol. The minimum Gasteiger partial charge on any atom is -0.339 e. The first-order valence-corrected chi connectivity index (χ1v) is 9.22. The molecule has 6 aliphatic rings. The normalized spacial score (nSPS) is 54.2. The molecule has 2 heterocycles. The summed E-state index contributed by atoms with van der Waals surface area (Å²) in [6.45, 7) is 5.57. The molecule has 3 atom stereocenters. The number of carbonyl (C=O) groups is 1.